The fraction of sp³-hybridized carbons (Fsp3) is 0.571. The lowest BCUT2D eigenvalue weighted by atomic mass is 9.76. The quantitative estimate of drug-likeness (QED) is 0.768. The van der Waals surface area contributed by atoms with Crippen LogP contribution in [0.1, 0.15) is 13.8 Å². The standard InChI is InChI=1S/C14H19BO4/c1-14(2)9-17-15(18-10-14)11-3-5-12(6-4-11)19-13-7-16-8-13/h3-6,13H,7-10H2,1-2H3. The van der Waals surface area contributed by atoms with Gasteiger partial charge in [-0.25, -0.2) is 0 Å². The summed E-state index contributed by atoms with van der Waals surface area (Å²) in [6.07, 6.45) is 0.203. The summed E-state index contributed by atoms with van der Waals surface area (Å²) in [5.41, 5.74) is 1.14. The molecule has 3 rings (SSSR count). The van der Waals surface area contributed by atoms with Gasteiger partial charge in [-0.3, -0.25) is 0 Å². The van der Waals surface area contributed by atoms with Crippen LogP contribution in [-0.2, 0) is 14.0 Å². The Bertz CT molecular complexity index is 418. The van der Waals surface area contributed by atoms with Crippen LogP contribution in [0.5, 0.6) is 5.75 Å². The van der Waals surface area contributed by atoms with Gasteiger partial charge in [-0.1, -0.05) is 26.0 Å². The predicted molar refractivity (Wildman–Crippen MR) is 72.8 cm³/mol. The van der Waals surface area contributed by atoms with Gasteiger partial charge in [0.15, 0.2) is 0 Å². The highest BCUT2D eigenvalue weighted by Gasteiger charge is 2.33. The Morgan fingerprint density at radius 3 is 2.26 bits per heavy atom. The van der Waals surface area contributed by atoms with E-state index >= 15 is 0 Å². The third-order valence-corrected chi connectivity index (χ3v) is 3.31. The number of ether oxygens (including phenoxy) is 2. The Hall–Kier alpha value is -1.04. The van der Waals surface area contributed by atoms with Gasteiger partial charge in [0.25, 0.3) is 0 Å². The average Bonchev–Trinajstić information content (AvgIpc) is 2.35. The van der Waals surface area contributed by atoms with Gasteiger partial charge in [-0.05, 0) is 17.6 Å². The lowest BCUT2D eigenvalue weighted by Gasteiger charge is -2.33. The average molecular weight is 262 g/mol. The van der Waals surface area contributed by atoms with Crippen molar-refractivity contribution in [3.63, 3.8) is 0 Å². The monoisotopic (exact) mass is 262 g/mol. The molecule has 0 atom stereocenters. The molecular weight excluding hydrogens is 243 g/mol. The topological polar surface area (TPSA) is 36.9 Å². The first-order valence-corrected chi connectivity index (χ1v) is 6.70. The first-order chi connectivity index (χ1) is 9.12. The van der Waals surface area contributed by atoms with Crippen molar-refractivity contribution in [2.24, 2.45) is 5.41 Å². The van der Waals surface area contributed by atoms with E-state index in [-0.39, 0.29) is 18.6 Å². The second kappa shape index (κ2) is 5.15. The van der Waals surface area contributed by atoms with E-state index < -0.39 is 0 Å². The Kier molecular flexibility index (Phi) is 3.52. The van der Waals surface area contributed by atoms with Crippen LogP contribution >= 0.6 is 0 Å². The van der Waals surface area contributed by atoms with Crippen LogP contribution in [0.25, 0.3) is 0 Å². The van der Waals surface area contributed by atoms with Gasteiger partial charge in [0.2, 0.25) is 0 Å². The fourth-order valence-electron chi connectivity index (χ4n) is 2.06. The summed E-state index contributed by atoms with van der Waals surface area (Å²) < 4.78 is 22.3. The first-order valence-electron chi connectivity index (χ1n) is 6.70. The molecule has 2 saturated heterocycles. The van der Waals surface area contributed by atoms with Crippen molar-refractivity contribution in [1.82, 2.24) is 0 Å². The molecule has 0 bridgehead atoms. The lowest BCUT2D eigenvalue weighted by molar-refractivity contribution is -0.0796. The third-order valence-electron chi connectivity index (χ3n) is 3.31. The Balaban J connectivity index is 1.59. The van der Waals surface area contributed by atoms with E-state index in [9.17, 15) is 0 Å². The van der Waals surface area contributed by atoms with Crippen molar-refractivity contribution in [2.75, 3.05) is 26.4 Å². The predicted octanol–water partition coefficient (Wildman–Crippen LogP) is 1.23. The summed E-state index contributed by atoms with van der Waals surface area (Å²) in [6.45, 7) is 7.09. The van der Waals surface area contributed by atoms with Crippen molar-refractivity contribution < 1.29 is 18.8 Å². The van der Waals surface area contributed by atoms with E-state index in [1.807, 2.05) is 24.3 Å². The SMILES string of the molecule is CC1(C)COB(c2ccc(OC3COC3)cc2)OC1. The maximum absolute atomic E-state index is 5.75. The minimum absolute atomic E-state index is 0.101. The van der Waals surface area contributed by atoms with Gasteiger partial charge in [0.05, 0.1) is 13.2 Å². The fourth-order valence-corrected chi connectivity index (χ4v) is 2.06. The molecule has 1 aromatic rings. The molecule has 0 aliphatic carbocycles. The minimum Gasteiger partial charge on any atom is -0.486 e. The van der Waals surface area contributed by atoms with Crippen molar-refractivity contribution >= 4 is 12.6 Å². The van der Waals surface area contributed by atoms with E-state index in [4.69, 9.17) is 18.8 Å². The second-order valence-corrected chi connectivity index (χ2v) is 5.96. The molecular formula is C14H19BO4. The van der Waals surface area contributed by atoms with E-state index in [1.54, 1.807) is 0 Å². The molecule has 0 unspecified atom stereocenters. The third kappa shape index (κ3) is 3.11. The van der Waals surface area contributed by atoms with Crippen LogP contribution in [0.2, 0.25) is 0 Å². The summed E-state index contributed by atoms with van der Waals surface area (Å²) in [7, 11) is -0.255. The zero-order chi connectivity index (χ0) is 13.3. The molecule has 0 saturated carbocycles. The van der Waals surface area contributed by atoms with Crippen LogP contribution in [0.15, 0.2) is 24.3 Å². The van der Waals surface area contributed by atoms with E-state index in [0.717, 1.165) is 24.4 Å². The molecule has 4 nitrogen and oxygen atoms in total. The van der Waals surface area contributed by atoms with Gasteiger partial charge in [0.1, 0.15) is 11.9 Å². The molecule has 19 heavy (non-hydrogen) atoms. The molecule has 2 heterocycles. The molecule has 5 heteroatoms. The zero-order valence-electron chi connectivity index (χ0n) is 11.4. The van der Waals surface area contributed by atoms with Gasteiger partial charge < -0.3 is 18.8 Å². The highest BCUT2D eigenvalue weighted by atomic mass is 16.6. The van der Waals surface area contributed by atoms with Crippen molar-refractivity contribution in [2.45, 2.75) is 20.0 Å². The summed E-state index contributed by atoms with van der Waals surface area (Å²) in [4.78, 5) is 0. The number of rotatable bonds is 3. The summed E-state index contributed by atoms with van der Waals surface area (Å²) in [5.74, 6) is 0.869. The summed E-state index contributed by atoms with van der Waals surface area (Å²) in [6, 6.07) is 7.91. The molecule has 0 amide bonds. The molecule has 1 aromatic carbocycles. The largest absolute Gasteiger partial charge is 0.493 e. The normalized spacial score (nSPS) is 22.9. The molecule has 2 fully saturated rings. The van der Waals surface area contributed by atoms with Crippen LogP contribution in [0.4, 0.5) is 0 Å². The van der Waals surface area contributed by atoms with Crippen molar-refractivity contribution in [1.29, 1.82) is 0 Å². The van der Waals surface area contributed by atoms with Gasteiger partial charge in [-0.15, -0.1) is 0 Å². The zero-order valence-corrected chi connectivity index (χ0v) is 11.4. The Morgan fingerprint density at radius 1 is 1.11 bits per heavy atom. The van der Waals surface area contributed by atoms with E-state index in [1.165, 1.54) is 0 Å². The molecule has 0 aromatic heterocycles. The first kappa shape index (κ1) is 13.0. The van der Waals surface area contributed by atoms with Gasteiger partial charge in [-0.2, -0.15) is 0 Å². The number of hydrogen-bond acceptors (Lipinski definition) is 4. The van der Waals surface area contributed by atoms with Gasteiger partial charge >= 0.3 is 7.12 Å². The van der Waals surface area contributed by atoms with Gasteiger partial charge in [0, 0.05) is 18.6 Å². The van der Waals surface area contributed by atoms with Crippen LogP contribution in [-0.4, -0.2) is 39.6 Å². The molecule has 2 aliphatic rings. The van der Waals surface area contributed by atoms with Crippen molar-refractivity contribution in [3.05, 3.63) is 24.3 Å². The second-order valence-electron chi connectivity index (χ2n) is 5.96. The highest BCUT2D eigenvalue weighted by molar-refractivity contribution is 6.61. The maximum Gasteiger partial charge on any atom is 0.493 e. The smallest absolute Gasteiger partial charge is 0.486 e. The Morgan fingerprint density at radius 2 is 1.74 bits per heavy atom. The van der Waals surface area contributed by atoms with Crippen LogP contribution < -0.4 is 10.2 Å². The summed E-state index contributed by atoms with van der Waals surface area (Å²) >= 11 is 0. The molecule has 2 aliphatic heterocycles. The maximum atomic E-state index is 5.75. The molecule has 102 valence electrons. The van der Waals surface area contributed by atoms with E-state index in [0.29, 0.717) is 13.2 Å². The molecule has 0 spiro atoms. The van der Waals surface area contributed by atoms with Crippen molar-refractivity contribution in [3.8, 4) is 5.75 Å². The molecule has 0 N–H and O–H groups in total. The molecule has 0 radical (unpaired) electrons. The summed E-state index contributed by atoms with van der Waals surface area (Å²) in [5, 5.41) is 0. The highest BCUT2D eigenvalue weighted by Crippen LogP contribution is 2.22. The Labute approximate surface area is 114 Å². The van der Waals surface area contributed by atoms with E-state index in [2.05, 4.69) is 13.8 Å². The van der Waals surface area contributed by atoms with Crippen LogP contribution in [0, 0.1) is 5.41 Å². The van der Waals surface area contributed by atoms with Crippen LogP contribution in [0.3, 0.4) is 0 Å². The lowest BCUT2D eigenvalue weighted by Crippen LogP contribution is -2.47. The minimum atomic E-state index is -0.255. The number of hydrogen-bond donors (Lipinski definition) is 0. The number of benzene rings is 1.